The van der Waals surface area contributed by atoms with Crippen molar-refractivity contribution in [2.45, 2.75) is 0 Å². The molecule has 0 amide bonds. The van der Waals surface area contributed by atoms with Gasteiger partial charge in [-0.3, -0.25) is 5.14 Å². The summed E-state index contributed by atoms with van der Waals surface area (Å²) in [6, 6.07) is 10.5. The Balaban J connectivity index is 1.83. The minimum Gasteiger partial charge on any atom is -0.493 e. The minimum absolute atomic E-state index is 0.0221. The van der Waals surface area contributed by atoms with Gasteiger partial charge in [-0.15, -0.1) is 0 Å². The third-order valence-corrected chi connectivity index (χ3v) is 4.34. The Bertz CT molecular complexity index is 981. The van der Waals surface area contributed by atoms with Crippen molar-refractivity contribution in [3.63, 3.8) is 0 Å². The van der Waals surface area contributed by atoms with Gasteiger partial charge in [-0.05, 0) is 24.3 Å². The molecule has 2 aromatic carbocycles. The monoisotopic (exact) mass is 432 g/mol. The highest BCUT2D eigenvalue weighted by molar-refractivity contribution is 7.98. The van der Waals surface area contributed by atoms with Crippen molar-refractivity contribution < 1.29 is 18.6 Å². The van der Waals surface area contributed by atoms with E-state index in [2.05, 4.69) is 25.3 Å². The Kier molecular flexibility index (Phi) is 6.99. The molecule has 5 N–H and O–H groups in total. The van der Waals surface area contributed by atoms with Crippen molar-refractivity contribution in [2.24, 2.45) is 5.14 Å². The summed E-state index contributed by atoms with van der Waals surface area (Å²) < 4.78 is 33.1. The molecule has 0 radical (unpaired) electrons. The Morgan fingerprint density at radius 3 is 2.10 bits per heavy atom. The van der Waals surface area contributed by atoms with Gasteiger partial charge in [0, 0.05) is 41.3 Å². The third-order valence-electron chi connectivity index (χ3n) is 3.99. The number of anilines is 5. The van der Waals surface area contributed by atoms with Gasteiger partial charge < -0.3 is 29.6 Å². The van der Waals surface area contributed by atoms with E-state index in [1.165, 1.54) is 21.3 Å². The zero-order chi connectivity index (χ0) is 21.5. The number of aromatic nitrogens is 2. The lowest BCUT2D eigenvalue weighted by molar-refractivity contribution is 0.324. The Hall–Kier alpha value is -3.44. The standard InChI is InChI=1S/C19H21FN6O3S/c1-27-15-8-13(9-16(28-2)17(15)29-3)24-19-22-10-14(20)18(25-19)23-11-4-6-12(7-5-11)26-30-21/h4-10,26H,21H2,1-3H3,(H2,22,23,24,25). The molecule has 0 unspecified atom stereocenters. The number of methoxy groups -OCH3 is 3. The van der Waals surface area contributed by atoms with E-state index in [9.17, 15) is 4.39 Å². The van der Waals surface area contributed by atoms with Gasteiger partial charge in [-0.25, -0.2) is 9.37 Å². The van der Waals surface area contributed by atoms with Crippen LogP contribution in [-0.4, -0.2) is 31.3 Å². The zero-order valence-electron chi connectivity index (χ0n) is 16.5. The molecule has 0 aliphatic heterocycles. The second-order valence-corrected chi connectivity index (χ2v) is 6.29. The largest absolute Gasteiger partial charge is 0.493 e. The number of hydrogen-bond donors (Lipinski definition) is 4. The number of ether oxygens (including phenoxy) is 3. The van der Waals surface area contributed by atoms with Gasteiger partial charge in [0.2, 0.25) is 11.7 Å². The fourth-order valence-electron chi connectivity index (χ4n) is 2.62. The summed E-state index contributed by atoms with van der Waals surface area (Å²) in [6.07, 6.45) is 1.08. The summed E-state index contributed by atoms with van der Waals surface area (Å²) in [7, 11) is 4.56. The number of rotatable bonds is 9. The molecule has 0 atom stereocenters. The predicted octanol–water partition coefficient (Wildman–Crippen LogP) is 4.06. The van der Waals surface area contributed by atoms with Crippen LogP contribution in [0.5, 0.6) is 17.2 Å². The van der Waals surface area contributed by atoms with Crippen LogP contribution in [0.4, 0.5) is 33.2 Å². The van der Waals surface area contributed by atoms with Crippen LogP contribution in [0.3, 0.4) is 0 Å². The van der Waals surface area contributed by atoms with E-state index in [4.69, 9.17) is 19.3 Å². The Morgan fingerprint density at radius 1 is 0.900 bits per heavy atom. The molecule has 0 fully saturated rings. The van der Waals surface area contributed by atoms with Crippen LogP contribution in [0.2, 0.25) is 0 Å². The van der Waals surface area contributed by atoms with Crippen LogP contribution < -0.4 is 34.7 Å². The van der Waals surface area contributed by atoms with Gasteiger partial charge in [0.25, 0.3) is 0 Å². The van der Waals surface area contributed by atoms with Gasteiger partial charge in [-0.2, -0.15) is 4.98 Å². The fourth-order valence-corrected chi connectivity index (χ4v) is 2.90. The molecule has 0 saturated heterocycles. The van der Waals surface area contributed by atoms with Gasteiger partial charge in [-0.1, -0.05) is 0 Å². The molecule has 0 bridgehead atoms. The third kappa shape index (κ3) is 4.93. The van der Waals surface area contributed by atoms with Crippen molar-refractivity contribution in [2.75, 3.05) is 36.7 Å². The Labute approximate surface area is 177 Å². The molecule has 11 heteroatoms. The number of benzene rings is 2. The van der Waals surface area contributed by atoms with Crippen molar-refractivity contribution in [3.05, 3.63) is 48.4 Å². The zero-order valence-corrected chi connectivity index (χ0v) is 17.3. The average molecular weight is 432 g/mol. The molecular formula is C19H21FN6O3S. The van der Waals surface area contributed by atoms with Crippen molar-refractivity contribution in [1.29, 1.82) is 0 Å². The second kappa shape index (κ2) is 9.85. The van der Waals surface area contributed by atoms with Crippen LogP contribution in [0.1, 0.15) is 0 Å². The first kappa shape index (κ1) is 21.3. The van der Waals surface area contributed by atoms with Gasteiger partial charge in [0.1, 0.15) is 0 Å². The van der Waals surface area contributed by atoms with E-state index in [0.717, 1.165) is 24.0 Å². The van der Waals surface area contributed by atoms with E-state index >= 15 is 0 Å². The van der Waals surface area contributed by atoms with E-state index in [-0.39, 0.29) is 11.8 Å². The van der Waals surface area contributed by atoms with Crippen LogP contribution in [0, 0.1) is 5.82 Å². The van der Waals surface area contributed by atoms with E-state index in [0.29, 0.717) is 28.6 Å². The van der Waals surface area contributed by atoms with Gasteiger partial charge in [0.15, 0.2) is 23.1 Å². The second-order valence-electron chi connectivity index (χ2n) is 5.85. The van der Waals surface area contributed by atoms with Gasteiger partial charge >= 0.3 is 0 Å². The molecule has 9 nitrogen and oxygen atoms in total. The topological polar surface area (TPSA) is 116 Å². The van der Waals surface area contributed by atoms with E-state index < -0.39 is 5.82 Å². The summed E-state index contributed by atoms with van der Waals surface area (Å²) in [4.78, 5) is 8.21. The average Bonchev–Trinajstić information content (AvgIpc) is 2.76. The summed E-state index contributed by atoms with van der Waals surface area (Å²) in [5.41, 5.74) is 2.05. The summed E-state index contributed by atoms with van der Waals surface area (Å²) in [5.74, 6) is 0.997. The first-order valence-electron chi connectivity index (χ1n) is 8.66. The first-order valence-corrected chi connectivity index (χ1v) is 9.54. The molecule has 0 spiro atoms. The predicted molar refractivity (Wildman–Crippen MR) is 116 cm³/mol. The molecule has 0 aliphatic rings. The number of nitrogens with one attached hydrogen (secondary N) is 3. The Morgan fingerprint density at radius 2 is 1.53 bits per heavy atom. The van der Waals surface area contributed by atoms with Crippen LogP contribution in [0.25, 0.3) is 0 Å². The smallest absolute Gasteiger partial charge is 0.229 e. The van der Waals surface area contributed by atoms with Gasteiger partial charge in [0.05, 0.1) is 27.5 Å². The van der Waals surface area contributed by atoms with Crippen molar-refractivity contribution in [1.82, 2.24) is 9.97 Å². The maximum Gasteiger partial charge on any atom is 0.229 e. The lowest BCUT2D eigenvalue weighted by Gasteiger charge is -2.15. The molecule has 0 saturated carbocycles. The maximum atomic E-state index is 14.2. The maximum absolute atomic E-state index is 14.2. The quantitative estimate of drug-likeness (QED) is 0.369. The fraction of sp³-hybridized carbons (Fsp3) is 0.158. The highest BCUT2D eigenvalue weighted by Gasteiger charge is 2.14. The number of hydrogen-bond acceptors (Lipinski definition) is 10. The molecule has 30 heavy (non-hydrogen) atoms. The molecule has 1 aromatic heterocycles. The summed E-state index contributed by atoms with van der Waals surface area (Å²) in [6.45, 7) is 0. The molecule has 1 heterocycles. The normalized spacial score (nSPS) is 10.3. The highest BCUT2D eigenvalue weighted by Crippen LogP contribution is 2.40. The first-order chi connectivity index (χ1) is 14.6. The molecular weight excluding hydrogens is 411 g/mol. The number of nitrogens with zero attached hydrogens (tertiary/aromatic N) is 2. The van der Waals surface area contributed by atoms with Crippen LogP contribution in [-0.2, 0) is 0 Å². The molecule has 0 aliphatic carbocycles. The lowest BCUT2D eigenvalue weighted by Crippen LogP contribution is -2.04. The van der Waals surface area contributed by atoms with Crippen molar-refractivity contribution >= 4 is 41.0 Å². The van der Waals surface area contributed by atoms with Crippen LogP contribution in [0.15, 0.2) is 42.6 Å². The number of halogens is 1. The summed E-state index contributed by atoms with van der Waals surface area (Å²) in [5, 5.41) is 11.3. The van der Waals surface area contributed by atoms with Crippen molar-refractivity contribution in [3.8, 4) is 17.2 Å². The highest BCUT2D eigenvalue weighted by atomic mass is 32.2. The minimum atomic E-state index is -0.592. The van der Waals surface area contributed by atoms with E-state index in [1.54, 1.807) is 36.4 Å². The van der Waals surface area contributed by atoms with E-state index in [1.807, 2.05) is 0 Å². The molecule has 158 valence electrons. The van der Waals surface area contributed by atoms with Crippen LogP contribution >= 0.6 is 12.1 Å². The lowest BCUT2D eigenvalue weighted by atomic mass is 10.2. The molecule has 3 aromatic rings. The SMILES string of the molecule is COc1cc(Nc2ncc(F)c(Nc3ccc(NSN)cc3)n2)cc(OC)c1OC. The summed E-state index contributed by atoms with van der Waals surface area (Å²) >= 11 is 0.992. The molecule has 3 rings (SSSR count). The number of nitrogens with two attached hydrogens (primary N) is 1.